The summed E-state index contributed by atoms with van der Waals surface area (Å²) in [5.74, 6) is 0.417. The van der Waals surface area contributed by atoms with E-state index in [-0.39, 0.29) is 11.3 Å². The van der Waals surface area contributed by atoms with Crippen LogP contribution in [0.4, 0.5) is 0 Å². The molecule has 0 spiro atoms. The maximum Gasteiger partial charge on any atom is 0.327 e. The molecule has 0 saturated carbocycles. The summed E-state index contributed by atoms with van der Waals surface area (Å²) >= 11 is 1.50. The van der Waals surface area contributed by atoms with Crippen molar-refractivity contribution in [1.82, 2.24) is 4.90 Å². The number of hydrogen-bond acceptors (Lipinski definition) is 4. The first-order valence-corrected chi connectivity index (χ1v) is 8.23. The Kier molecular flexibility index (Phi) is 6.33. The Bertz CT molecular complexity index is 355. The molecule has 1 aliphatic heterocycles. The number of nitrogens with two attached hydrogens (primary N) is 1. The molecule has 2 atom stereocenters. The average Bonchev–Trinajstić information content (AvgIpc) is 2.81. The second-order valence-corrected chi connectivity index (χ2v) is 7.40. The fourth-order valence-corrected chi connectivity index (χ4v) is 3.72. The lowest BCUT2D eigenvalue weighted by Gasteiger charge is -2.31. The van der Waals surface area contributed by atoms with Crippen LogP contribution >= 0.6 is 11.8 Å². The van der Waals surface area contributed by atoms with E-state index in [1.165, 1.54) is 16.7 Å². The Morgan fingerprint density at radius 1 is 1.40 bits per heavy atom. The molecule has 1 fully saturated rings. The van der Waals surface area contributed by atoms with Gasteiger partial charge in [0.2, 0.25) is 5.91 Å². The summed E-state index contributed by atoms with van der Waals surface area (Å²) in [6.45, 7) is 7.09. The quantitative estimate of drug-likeness (QED) is 0.781. The fraction of sp³-hybridized carbons (Fsp3) is 0.857. The van der Waals surface area contributed by atoms with Gasteiger partial charge >= 0.3 is 5.97 Å². The number of aliphatic carboxylic acids is 1. The first kappa shape index (κ1) is 17.3. The van der Waals surface area contributed by atoms with Crippen molar-refractivity contribution in [2.45, 2.75) is 46.1 Å². The van der Waals surface area contributed by atoms with Crippen LogP contribution in [-0.4, -0.2) is 46.1 Å². The van der Waals surface area contributed by atoms with Crippen molar-refractivity contribution in [3.05, 3.63) is 0 Å². The maximum atomic E-state index is 12.2. The molecule has 1 saturated heterocycles. The van der Waals surface area contributed by atoms with Crippen molar-refractivity contribution >= 4 is 23.6 Å². The van der Waals surface area contributed by atoms with Crippen molar-refractivity contribution in [2.24, 2.45) is 17.1 Å². The predicted octanol–water partition coefficient (Wildman–Crippen LogP) is 1.76. The normalized spacial score (nSPS) is 21.0. The van der Waals surface area contributed by atoms with Gasteiger partial charge < -0.3 is 15.7 Å². The third-order valence-electron chi connectivity index (χ3n) is 3.93. The Labute approximate surface area is 125 Å². The van der Waals surface area contributed by atoms with Crippen LogP contribution in [-0.2, 0) is 9.59 Å². The molecule has 0 aliphatic carbocycles. The highest BCUT2D eigenvalue weighted by molar-refractivity contribution is 7.99. The molecule has 1 amide bonds. The Hall–Kier alpha value is -0.750. The summed E-state index contributed by atoms with van der Waals surface area (Å²) in [5, 5.41) is 9.10. The summed E-state index contributed by atoms with van der Waals surface area (Å²) in [5.41, 5.74) is 5.76. The molecular formula is C14H26N2O3S. The van der Waals surface area contributed by atoms with Crippen molar-refractivity contribution in [3.63, 3.8) is 0 Å². The van der Waals surface area contributed by atoms with Gasteiger partial charge in [0, 0.05) is 12.2 Å². The lowest BCUT2D eigenvalue weighted by molar-refractivity contribution is -0.147. The minimum absolute atomic E-state index is 0.0475. The van der Waals surface area contributed by atoms with Gasteiger partial charge in [-0.15, -0.1) is 11.8 Å². The number of amides is 1. The number of nitrogens with zero attached hydrogens (tertiary/aromatic N) is 1. The van der Waals surface area contributed by atoms with E-state index < -0.39 is 12.0 Å². The number of carbonyl (C=O) groups excluding carboxylic acids is 1. The van der Waals surface area contributed by atoms with Gasteiger partial charge in [0.05, 0.1) is 5.88 Å². The van der Waals surface area contributed by atoms with Crippen LogP contribution in [0.25, 0.3) is 0 Å². The van der Waals surface area contributed by atoms with Gasteiger partial charge in [-0.1, -0.05) is 20.8 Å². The Balaban J connectivity index is 2.55. The molecule has 116 valence electrons. The van der Waals surface area contributed by atoms with Crippen LogP contribution in [0.1, 0.15) is 40.0 Å². The minimum atomic E-state index is -0.905. The van der Waals surface area contributed by atoms with E-state index in [9.17, 15) is 9.59 Å². The zero-order chi connectivity index (χ0) is 15.3. The summed E-state index contributed by atoms with van der Waals surface area (Å²) in [6, 6.07) is -0.657. The highest BCUT2D eigenvalue weighted by atomic mass is 32.2. The monoisotopic (exact) mass is 302 g/mol. The van der Waals surface area contributed by atoms with Crippen LogP contribution in [0.3, 0.4) is 0 Å². The van der Waals surface area contributed by atoms with E-state index in [1.807, 2.05) is 0 Å². The zero-order valence-corrected chi connectivity index (χ0v) is 13.4. The first-order valence-electron chi connectivity index (χ1n) is 7.07. The molecule has 0 aromatic heterocycles. The van der Waals surface area contributed by atoms with Crippen LogP contribution in [0, 0.1) is 11.3 Å². The SMILES string of the molecule is CC(C)(C)C(CCN)CCC(=O)N1CSCC1C(=O)O. The molecule has 6 heteroatoms. The lowest BCUT2D eigenvalue weighted by Crippen LogP contribution is -2.42. The van der Waals surface area contributed by atoms with E-state index in [0.717, 1.165) is 12.8 Å². The minimum Gasteiger partial charge on any atom is -0.480 e. The summed E-state index contributed by atoms with van der Waals surface area (Å²) in [7, 11) is 0. The van der Waals surface area contributed by atoms with E-state index in [0.29, 0.717) is 30.5 Å². The molecule has 20 heavy (non-hydrogen) atoms. The zero-order valence-electron chi connectivity index (χ0n) is 12.6. The van der Waals surface area contributed by atoms with Crippen molar-refractivity contribution in [1.29, 1.82) is 0 Å². The highest BCUT2D eigenvalue weighted by Crippen LogP contribution is 2.33. The standard InChI is InChI=1S/C14H26N2O3S/c1-14(2,3)10(6-7-15)4-5-12(17)16-9-20-8-11(16)13(18)19/h10-11H,4-9,15H2,1-3H3,(H,18,19). The van der Waals surface area contributed by atoms with E-state index in [2.05, 4.69) is 20.8 Å². The van der Waals surface area contributed by atoms with Gasteiger partial charge in [0.1, 0.15) is 6.04 Å². The molecular weight excluding hydrogens is 276 g/mol. The molecule has 0 aromatic rings. The van der Waals surface area contributed by atoms with Gasteiger partial charge in [-0.2, -0.15) is 0 Å². The Morgan fingerprint density at radius 3 is 2.55 bits per heavy atom. The summed E-state index contributed by atoms with van der Waals surface area (Å²) in [4.78, 5) is 24.8. The lowest BCUT2D eigenvalue weighted by atomic mass is 9.76. The van der Waals surface area contributed by atoms with E-state index >= 15 is 0 Å². The van der Waals surface area contributed by atoms with Gasteiger partial charge in [-0.3, -0.25) is 4.79 Å². The van der Waals surface area contributed by atoms with Crippen LogP contribution < -0.4 is 5.73 Å². The molecule has 0 radical (unpaired) electrons. The molecule has 2 unspecified atom stereocenters. The van der Waals surface area contributed by atoms with Crippen molar-refractivity contribution < 1.29 is 14.7 Å². The summed E-state index contributed by atoms with van der Waals surface area (Å²) in [6.07, 6.45) is 2.08. The third-order valence-corrected chi connectivity index (χ3v) is 4.95. The molecule has 1 rings (SSSR count). The largest absolute Gasteiger partial charge is 0.480 e. The van der Waals surface area contributed by atoms with Gasteiger partial charge in [-0.05, 0) is 30.7 Å². The van der Waals surface area contributed by atoms with Gasteiger partial charge in [0.25, 0.3) is 0 Å². The fourth-order valence-electron chi connectivity index (χ4n) is 2.55. The van der Waals surface area contributed by atoms with Gasteiger partial charge in [-0.25, -0.2) is 4.79 Å². The van der Waals surface area contributed by atoms with Crippen molar-refractivity contribution in [3.8, 4) is 0 Å². The molecule has 0 bridgehead atoms. The first-order chi connectivity index (χ1) is 9.27. The Morgan fingerprint density at radius 2 is 2.05 bits per heavy atom. The predicted molar refractivity (Wildman–Crippen MR) is 81.4 cm³/mol. The molecule has 1 aliphatic rings. The molecule has 3 N–H and O–H groups in total. The number of rotatable bonds is 6. The number of hydrogen-bond donors (Lipinski definition) is 2. The van der Waals surface area contributed by atoms with Crippen LogP contribution in [0.5, 0.6) is 0 Å². The second kappa shape index (κ2) is 7.31. The second-order valence-electron chi connectivity index (χ2n) is 6.40. The number of carboxylic acids is 1. The number of thioether (sulfide) groups is 1. The van der Waals surface area contributed by atoms with E-state index in [4.69, 9.17) is 10.8 Å². The molecule has 5 nitrogen and oxygen atoms in total. The number of carbonyl (C=O) groups is 2. The maximum absolute atomic E-state index is 12.2. The topological polar surface area (TPSA) is 83.6 Å². The summed E-state index contributed by atoms with van der Waals surface area (Å²) < 4.78 is 0. The van der Waals surface area contributed by atoms with Crippen LogP contribution in [0.15, 0.2) is 0 Å². The van der Waals surface area contributed by atoms with Crippen molar-refractivity contribution in [2.75, 3.05) is 18.2 Å². The van der Waals surface area contributed by atoms with Crippen LogP contribution in [0.2, 0.25) is 0 Å². The molecule has 0 aromatic carbocycles. The average molecular weight is 302 g/mol. The smallest absolute Gasteiger partial charge is 0.327 e. The number of carboxylic acid groups (broad SMARTS) is 1. The molecule has 1 heterocycles. The third kappa shape index (κ3) is 4.66. The highest BCUT2D eigenvalue weighted by Gasteiger charge is 2.35. The van der Waals surface area contributed by atoms with Gasteiger partial charge in [0.15, 0.2) is 0 Å². The van der Waals surface area contributed by atoms with E-state index in [1.54, 1.807) is 0 Å².